The van der Waals surface area contributed by atoms with E-state index in [0.717, 1.165) is 17.6 Å². The quantitative estimate of drug-likeness (QED) is 0.599. The van der Waals surface area contributed by atoms with Gasteiger partial charge in [0.1, 0.15) is 18.0 Å². The minimum atomic E-state index is 0.150. The Morgan fingerprint density at radius 3 is 3.00 bits per heavy atom. The monoisotopic (exact) mass is 292 g/mol. The third kappa shape index (κ3) is 1.70. The molecule has 0 saturated carbocycles. The highest BCUT2D eigenvalue weighted by Crippen LogP contribution is 2.47. The van der Waals surface area contributed by atoms with E-state index in [1.807, 2.05) is 0 Å². The molecule has 20 heavy (non-hydrogen) atoms. The smallest absolute Gasteiger partial charge is 0.224 e. The lowest BCUT2D eigenvalue weighted by Gasteiger charge is -2.27. The second-order valence-corrected chi connectivity index (χ2v) is 6.39. The third-order valence-electron chi connectivity index (χ3n) is 4.35. The number of likely N-dealkylation sites (N-methyl/N-ethyl adjacent to an activating group) is 1. The molecule has 0 bridgehead atoms. The van der Waals surface area contributed by atoms with Crippen LogP contribution in [0.4, 0.5) is 0 Å². The van der Waals surface area contributed by atoms with E-state index in [2.05, 4.69) is 46.4 Å². The summed E-state index contributed by atoms with van der Waals surface area (Å²) in [6.07, 6.45) is 2.15. The van der Waals surface area contributed by atoms with Crippen molar-refractivity contribution in [1.82, 2.24) is 19.4 Å². The molecule has 5 nitrogen and oxygen atoms in total. The van der Waals surface area contributed by atoms with Crippen molar-refractivity contribution in [2.75, 3.05) is 13.6 Å². The highest BCUT2D eigenvalue weighted by Gasteiger charge is 2.49. The van der Waals surface area contributed by atoms with Gasteiger partial charge >= 0.3 is 0 Å². The first-order chi connectivity index (χ1) is 9.56. The fourth-order valence-corrected chi connectivity index (χ4v) is 3.35. The summed E-state index contributed by atoms with van der Waals surface area (Å²) in [4.78, 5) is 10.8. The fraction of sp³-hybridized carbons (Fsp3) is 0.571. The summed E-state index contributed by atoms with van der Waals surface area (Å²) in [6, 6.07) is 2.51. The lowest BCUT2D eigenvalue weighted by atomic mass is 10.0. The molecule has 0 aromatic carbocycles. The lowest BCUT2D eigenvalue weighted by Crippen LogP contribution is -2.30. The molecule has 2 unspecified atom stereocenters. The highest BCUT2D eigenvalue weighted by atomic mass is 35.5. The molecule has 2 aliphatic heterocycles. The van der Waals surface area contributed by atoms with Gasteiger partial charge in [-0.1, -0.05) is 13.8 Å². The van der Waals surface area contributed by atoms with Crippen molar-refractivity contribution >= 4 is 22.6 Å². The molecule has 4 rings (SSSR count). The van der Waals surface area contributed by atoms with Gasteiger partial charge in [-0.05, 0) is 30.6 Å². The van der Waals surface area contributed by atoms with E-state index < -0.39 is 0 Å². The van der Waals surface area contributed by atoms with E-state index in [4.69, 9.17) is 16.3 Å². The number of rotatable bonds is 1. The van der Waals surface area contributed by atoms with E-state index in [1.165, 1.54) is 5.69 Å². The van der Waals surface area contributed by atoms with Crippen LogP contribution in [0.5, 0.6) is 0 Å². The Kier molecular flexibility index (Phi) is 2.61. The average Bonchev–Trinajstić information content (AvgIpc) is 3.12. The molecule has 1 saturated heterocycles. The van der Waals surface area contributed by atoms with Gasteiger partial charge in [-0.2, -0.15) is 4.98 Å². The predicted octanol–water partition coefficient (Wildman–Crippen LogP) is 2.62. The van der Waals surface area contributed by atoms with E-state index in [0.29, 0.717) is 17.2 Å². The maximum Gasteiger partial charge on any atom is 0.224 e. The Morgan fingerprint density at radius 2 is 2.25 bits per heavy atom. The lowest BCUT2D eigenvalue weighted by molar-refractivity contribution is 0.164. The largest absolute Gasteiger partial charge is 0.346 e. The van der Waals surface area contributed by atoms with Crippen molar-refractivity contribution in [3.8, 4) is 0 Å². The molecule has 0 aliphatic carbocycles. The summed E-state index contributed by atoms with van der Waals surface area (Å²) < 4.78 is 8.12. The van der Waals surface area contributed by atoms with Crippen LogP contribution in [0.1, 0.15) is 31.7 Å². The summed E-state index contributed by atoms with van der Waals surface area (Å²) in [5, 5.41) is 1.33. The summed E-state index contributed by atoms with van der Waals surface area (Å²) in [5.41, 5.74) is 2.12. The van der Waals surface area contributed by atoms with Gasteiger partial charge in [-0.3, -0.25) is 4.90 Å². The second-order valence-electron chi connectivity index (χ2n) is 6.06. The fourth-order valence-electron chi connectivity index (χ4n) is 3.22. The maximum absolute atomic E-state index is 5.98. The van der Waals surface area contributed by atoms with Gasteiger partial charge in [0, 0.05) is 18.1 Å². The number of hydrogen-bond acceptors (Lipinski definition) is 4. The van der Waals surface area contributed by atoms with Gasteiger partial charge in [-0.25, -0.2) is 4.98 Å². The number of hydrogen-bond donors (Lipinski definition) is 0. The number of fused-ring (bicyclic) bond motifs is 5. The van der Waals surface area contributed by atoms with Crippen LogP contribution in [-0.2, 0) is 4.74 Å². The zero-order valence-electron chi connectivity index (χ0n) is 11.7. The average molecular weight is 293 g/mol. The highest BCUT2D eigenvalue weighted by molar-refractivity contribution is 6.28. The molecule has 0 amide bonds. The van der Waals surface area contributed by atoms with Gasteiger partial charge in [0.2, 0.25) is 5.28 Å². The van der Waals surface area contributed by atoms with E-state index in [-0.39, 0.29) is 12.3 Å². The van der Waals surface area contributed by atoms with Crippen LogP contribution < -0.4 is 0 Å². The standard InChI is InChI=1S/C14H17ClN4O/c1-7(2)10-6-18(3)13-11(20-13)9-4-8-5-16-14(15)17-12(8)19(9)10/h4-5,7,10-11,13H,6H2,1-3H3/t10-,11?,13?/m1/s1. The predicted molar refractivity (Wildman–Crippen MR) is 76.7 cm³/mol. The first kappa shape index (κ1) is 12.6. The third-order valence-corrected chi connectivity index (χ3v) is 4.53. The number of ether oxygens (including phenoxy) is 1. The minimum absolute atomic E-state index is 0.150. The Hall–Kier alpha value is -1.17. The van der Waals surface area contributed by atoms with Gasteiger partial charge in [0.15, 0.2) is 0 Å². The SMILES string of the molecule is CC(C)[C@H]1CN(C)C2OC2c2cc3cnc(Cl)nc3n21. The van der Waals surface area contributed by atoms with Crippen molar-refractivity contribution in [2.45, 2.75) is 32.2 Å². The number of aromatic nitrogens is 3. The van der Waals surface area contributed by atoms with Crippen LogP contribution >= 0.6 is 11.6 Å². The summed E-state index contributed by atoms with van der Waals surface area (Å²) in [6.45, 7) is 5.45. The first-order valence-corrected chi connectivity index (χ1v) is 7.33. The van der Waals surface area contributed by atoms with Gasteiger partial charge < -0.3 is 9.30 Å². The minimum Gasteiger partial charge on any atom is -0.346 e. The molecular formula is C14H17ClN4O. The normalized spacial score (nSPS) is 29.4. The molecule has 2 aliphatic rings. The van der Waals surface area contributed by atoms with Crippen LogP contribution in [0, 0.1) is 5.92 Å². The molecule has 106 valence electrons. The van der Waals surface area contributed by atoms with Crippen molar-refractivity contribution < 1.29 is 4.74 Å². The van der Waals surface area contributed by atoms with Crippen LogP contribution in [0.25, 0.3) is 11.0 Å². The van der Waals surface area contributed by atoms with Crippen LogP contribution in [-0.4, -0.2) is 39.3 Å². The van der Waals surface area contributed by atoms with Crippen molar-refractivity contribution in [2.24, 2.45) is 5.92 Å². The second kappa shape index (κ2) is 4.16. The van der Waals surface area contributed by atoms with E-state index in [1.54, 1.807) is 6.20 Å². The summed E-state index contributed by atoms with van der Waals surface area (Å²) in [7, 11) is 2.12. The molecule has 2 aromatic heterocycles. The molecule has 6 heteroatoms. The Morgan fingerprint density at radius 1 is 1.45 bits per heavy atom. The molecule has 0 spiro atoms. The van der Waals surface area contributed by atoms with Gasteiger partial charge in [-0.15, -0.1) is 0 Å². The van der Waals surface area contributed by atoms with Crippen LogP contribution in [0.2, 0.25) is 5.28 Å². The number of halogens is 1. The Balaban J connectivity index is 1.97. The summed E-state index contributed by atoms with van der Waals surface area (Å²) >= 11 is 5.98. The zero-order valence-corrected chi connectivity index (χ0v) is 12.5. The first-order valence-electron chi connectivity index (χ1n) is 6.95. The molecule has 0 radical (unpaired) electrons. The Labute approximate surface area is 122 Å². The van der Waals surface area contributed by atoms with Crippen LogP contribution in [0.15, 0.2) is 12.3 Å². The molecule has 0 N–H and O–H groups in total. The molecule has 4 heterocycles. The van der Waals surface area contributed by atoms with Gasteiger partial charge in [0.25, 0.3) is 0 Å². The number of epoxide rings is 1. The zero-order chi connectivity index (χ0) is 14.0. The van der Waals surface area contributed by atoms with E-state index >= 15 is 0 Å². The Bertz CT molecular complexity index is 683. The summed E-state index contributed by atoms with van der Waals surface area (Å²) in [5.74, 6) is 0.512. The molecule has 1 fully saturated rings. The molecular weight excluding hydrogens is 276 g/mol. The topological polar surface area (TPSA) is 46.5 Å². The van der Waals surface area contributed by atoms with Crippen molar-refractivity contribution in [3.63, 3.8) is 0 Å². The maximum atomic E-state index is 5.98. The van der Waals surface area contributed by atoms with Crippen molar-refractivity contribution in [3.05, 3.63) is 23.2 Å². The van der Waals surface area contributed by atoms with E-state index in [9.17, 15) is 0 Å². The molecule has 2 aromatic rings. The van der Waals surface area contributed by atoms with Crippen LogP contribution in [0.3, 0.4) is 0 Å². The number of nitrogens with zero attached hydrogens (tertiary/aromatic N) is 4. The van der Waals surface area contributed by atoms with Gasteiger partial charge in [0.05, 0.1) is 11.7 Å². The van der Waals surface area contributed by atoms with Crippen molar-refractivity contribution in [1.29, 1.82) is 0 Å². The molecule has 3 atom stereocenters.